The van der Waals surface area contributed by atoms with E-state index in [1.54, 1.807) is 24.3 Å². The van der Waals surface area contributed by atoms with E-state index in [1.165, 1.54) is 0 Å². The van der Waals surface area contributed by atoms with E-state index < -0.39 is 6.04 Å². The smallest absolute Gasteiger partial charge is 0.251 e. The minimum atomic E-state index is -0.786. The lowest BCUT2D eigenvalue weighted by atomic mass is 9.81. The molecule has 1 aliphatic heterocycles. The molecule has 0 bridgehead atoms. The molecule has 1 aliphatic carbocycles. The van der Waals surface area contributed by atoms with E-state index >= 15 is 0 Å². The lowest BCUT2D eigenvalue weighted by Crippen LogP contribution is -2.48. The number of nitrogens with one attached hydrogen (secondary N) is 5. The van der Waals surface area contributed by atoms with Gasteiger partial charge in [-0.1, -0.05) is 30.3 Å². The number of aromatic nitrogens is 3. The van der Waals surface area contributed by atoms with E-state index in [-0.39, 0.29) is 35.0 Å². The van der Waals surface area contributed by atoms with Crippen molar-refractivity contribution in [1.82, 2.24) is 31.1 Å². The summed E-state index contributed by atoms with van der Waals surface area (Å²) in [7, 11) is 0. The lowest BCUT2D eigenvalue weighted by Gasteiger charge is -2.28. The van der Waals surface area contributed by atoms with Crippen LogP contribution in [0.5, 0.6) is 0 Å². The number of amides is 3. The van der Waals surface area contributed by atoms with Crippen LogP contribution in [0.1, 0.15) is 60.0 Å². The molecule has 12 heteroatoms. The molecule has 4 aromatic rings. The molecule has 50 heavy (non-hydrogen) atoms. The molecule has 2 heterocycles. The minimum absolute atomic E-state index is 0.0452. The van der Waals surface area contributed by atoms with Gasteiger partial charge in [0.05, 0.1) is 0 Å². The van der Waals surface area contributed by atoms with Crippen LogP contribution in [0.4, 0.5) is 5.69 Å². The first-order valence-corrected chi connectivity index (χ1v) is 17.8. The Balaban J connectivity index is 1.14. The van der Waals surface area contributed by atoms with Crippen LogP contribution in [-0.2, 0) is 16.0 Å². The first-order chi connectivity index (χ1) is 24.2. The number of rotatable bonds is 11. The summed E-state index contributed by atoms with van der Waals surface area (Å²) in [5.74, 6) is 0.306. The predicted octanol–water partition coefficient (Wildman–Crippen LogP) is 5.01. The molecule has 1 saturated heterocycles. The lowest BCUT2D eigenvalue weighted by molar-refractivity contribution is -0.130. The third-order valence-corrected chi connectivity index (χ3v) is 10.1. The zero-order chi connectivity index (χ0) is 35.0. The Morgan fingerprint density at radius 3 is 2.26 bits per heavy atom. The largest absolute Gasteiger partial charge is 0.349 e. The van der Waals surface area contributed by atoms with Gasteiger partial charge in [-0.25, -0.2) is 5.10 Å². The average molecular weight is 697 g/mol. The summed E-state index contributed by atoms with van der Waals surface area (Å²) < 4.78 is 0. The highest BCUT2D eigenvalue weighted by atomic mass is 35.5. The molecule has 3 amide bonds. The van der Waals surface area contributed by atoms with Crippen molar-refractivity contribution < 1.29 is 14.4 Å². The standard InChI is InChI=1S/C38H45ClN8O3/c1-23-20-29(36(49)42-31-16-18-41-19-17-31)12-15-32(23)26-6-2-24(3-7-26)21-33(44-35(48)28-8-4-25(22-40)5-9-28)37(50)43-30-13-10-27(11-14-30)34-45-38(39)47-46-34/h2-3,6-7,10-15,20,25,28,31,33,41H,4-5,8-9,16-19,21-22,40H2,1H3,(H,42,49)(H,43,50)(H,44,48)(H,45,46,47). The van der Waals surface area contributed by atoms with Gasteiger partial charge in [-0.15, -0.1) is 0 Å². The number of benzene rings is 3. The third kappa shape index (κ3) is 8.95. The SMILES string of the molecule is Cc1cc(C(=O)NC2CCNCC2)ccc1-c1ccc(CC(NC(=O)C2CCC(CN)CC2)C(=O)Nc2ccc(-c3n[nH]c(Cl)n3)cc2)cc1. The van der Waals surface area contributed by atoms with Crippen LogP contribution in [0, 0.1) is 18.8 Å². The van der Waals surface area contributed by atoms with Crippen LogP contribution in [-0.4, -0.2) is 64.6 Å². The molecule has 1 aromatic heterocycles. The number of anilines is 1. The highest BCUT2D eigenvalue weighted by molar-refractivity contribution is 6.28. The van der Waals surface area contributed by atoms with E-state index in [4.69, 9.17) is 17.3 Å². The molecule has 3 aromatic carbocycles. The van der Waals surface area contributed by atoms with Crippen LogP contribution in [0.2, 0.25) is 5.28 Å². The van der Waals surface area contributed by atoms with Gasteiger partial charge in [-0.3, -0.25) is 14.4 Å². The highest BCUT2D eigenvalue weighted by Gasteiger charge is 2.29. The molecule has 262 valence electrons. The van der Waals surface area contributed by atoms with Crippen molar-refractivity contribution in [3.8, 4) is 22.5 Å². The van der Waals surface area contributed by atoms with Crippen LogP contribution >= 0.6 is 11.6 Å². The monoisotopic (exact) mass is 696 g/mol. The quantitative estimate of drug-likeness (QED) is 0.128. The number of nitrogens with two attached hydrogens (primary N) is 1. The highest BCUT2D eigenvalue weighted by Crippen LogP contribution is 2.29. The molecular weight excluding hydrogens is 652 g/mol. The molecule has 1 saturated carbocycles. The van der Waals surface area contributed by atoms with Crippen LogP contribution in [0.3, 0.4) is 0 Å². The van der Waals surface area contributed by atoms with Crippen LogP contribution in [0.15, 0.2) is 66.7 Å². The molecule has 0 radical (unpaired) electrons. The summed E-state index contributed by atoms with van der Waals surface area (Å²) >= 11 is 5.87. The van der Waals surface area contributed by atoms with Gasteiger partial charge in [0.2, 0.25) is 17.1 Å². The maximum atomic E-state index is 13.7. The number of hydrogen-bond donors (Lipinski definition) is 6. The predicted molar refractivity (Wildman–Crippen MR) is 196 cm³/mol. The Hall–Kier alpha value is -4.58. The second-order valence-electron chi connectivity index (χ2n) is 13.5. The van der Waals surface area contributed by atoms with Crippen molar-refractivity contribution in [2.75, 3.05) is 25.0 Å². The fourth-order valence-electron chi connectivity index (χ4n) is 6.88. The summed E-state index contributed by atoms with van der Waals surface area (Å²) in [6.07, 6.45) is 5.55. The van der Waals surface area contributed by atoms with Crippen molar-refractivity contribution >= 4 is 35.0 Å². The number of aromatic amines is 1. The number of hydrogen-bond acceptors (Lipinski definition) is 7. The van der Waals surface area contributed by atoms with Crippen molar-refractivity contribution in [2.45, 2.75) is 64.0 Å². The molecule has 2 aliphatic rings. The molecule has 2 fully saturated rings. The topological polar surface area (TPSA) is 167 Å². The van der Waals surface area contributed by atoms with E-state index in [1.807, 2.05) is 49.4 Å². The van der Waals surface area contributed by atoms with E-state index in [9.17, 15) is 14.4 Å². The molecule has 1 unspecified atom stereocenters. The van der Waals surface area contributed by atoms with E-state index in [0.717, 1.165) is 79.4 Å². The first kappa shape index (κ1) is 35.3. The Labute approximate surface area is 297 Å². The number of carbonyl (C=O) groups excluding carboxylic acids is 3. The average Bonchev–Trinajstić information content (AvgIpc) is 3.58. The molecule has 6 rings (SSSR count). The molecule has 11 nitrogen and oxygen atoms in total. The number of H-pyrrole nitrogens is 1. The second-order valence-corrected chi connectivity index (χ2v) is 13.8. The van der Waals surface area contributed by atoms with E-state index in [0.29, 0.717) is 36.0 Å². The Bertz CT molecular complexity index is 1780. The van der Waals surface area contributed by atoms with Gasteiger partial charge in [0.25, 0.3) is 5.91 Å². The van der Waals surface area contributed by atoms with Crippen LogP contribution in [0.25, 0.3) is 22.5 Å². The molecule has 7 N–H and O–H groups in total. The maximum absolute atomic E-state index is 13.7. The summed E-state index contributed by atoms with van der Waals surface area (Å²) in [5, 5.41) is 19.4. The van der Waals surface area contributed by atoms with Crippen molar-refractivity contribution in [3.05, 3.63) is 88.7 Å². The fraction of sp³-hybridized carbons (Fsp3) is 0.395. The summed E-state index contributed by atoms with van der Waals surface area (Å²) in [4.78, 5) is 44.2. The molecule has 1 atom stereocenters. The van der Waals surface area contributed by atoms with Crippen molar-refractivity contribution in [1.29, 1.82) is 0 Å². The third-order valence-electron chi connectivity index (χ3n) is 9.92. The Morgan fingerprint density at radius 1 is 0.920 bits per heavy atom. The van der Waals surface area contributed by atoms with Crippen molar-refractivity contribution in [3.63, 3.8) is 0 Å². The second kappa shape index (κ2) is 16.4. The van der Waals surface area contributed by atoms with E-state index in [2.05, 4.69) is 36.4 Å². The van der Waals surface area contributed by atoms with Gasteiger partial charge in [0.15, 0.2) is 5.82 Å². The fourth-order valence-corrected chi connectivity index (χ4v) is 7.00. The number of aryl methyl sites for hydroxylation is 1. The maximum Gasteiger partial charge on any atom is 0.251 e. The number of carbonyl (C=O) groups is 3. The zero-order valence-electron chi connectivity index (χ0n) is 28.3. The van der Waals surface area contributed by atoms with Gasteiger partial charge in [0.1, 0.15) is 6.04 Å². The number of piperidine rings is 1. The zero-order valence-corrected chi connectivity index (χ0v) is 29.1. The molecular formula is C38H45ClN8O3. The number of nitrogens with zero attached hydrogens (tertiary/aromatic N) is 2. The van der Waals surface area contributed by atoms with Gasteiger partial charge in [-0.05, 0) is 141 Å². The Morgan fingerprint density at radius 2 is 1.62 bits per heavy atom. The number of halogens is 1. The minimum Gasteiger partial charge on any atom is -0.349 e. The van der Waals surface area contributed by atoms with Gasteiger partial charge in [-0.2, -0.15) is 10.1 Å². The summed E-state index contributed by atoms with van der Waals surface area (Å²) in [6, 6.07) is 20.4. The van der Waals surface area contributed by atoms with Gasteiger partial charge < -0.3 is 27.0 Å². The summed E-state index contributed by atoms with van der Waals surface area (Å²) in [6.45, 7) is 4.48. The Kier molecular flexibility index (Phi) is 11.6. The molecule has 0 spiro atoms. The van der Waals surface area contributed by atoms with Gasteiger partial charge >= 0.3 is 0 Å². The van der Waals surface area contributed by atoms with Crippen LogP contribution < -0.4 is 27.0 Å². The normalized spacial score (nSPS) is 18.6. The van der Waals surface area contributed by atoms with Gasteiger partial charge in [0, 0.05) is 35.2 Å². The summed E-state index contributed by atoms with van der Waals surface area (Å²) in [5.41, 5.74) is 11.8. The van der Waals surface area contributed by atoms with Crippen molar-refractivity contribution in [2.24, 2.45) is 17.6 Å². The first-order valence-electron chi connectivity index (χ1n) is 17.5.